The molecule has 1 aromatic heterocycles. The lowest BCUT2D eigenvalue weighted by atomic mass is 10.1. The van der Waals surface area contributed by atoms with E-state index < -0.39 is 18.8 Å². The first-order chi connectivity index (χ1) is 12.8. The van der Waals surface area contributed by atoms with Gasteiger partial charge < -0.3 is 15.5 Å². The van der Waals surface area contributed by atoms with Gasteiger partial charge in [-0.2, -0.15) is 18.3 Å². The monoisotopic (exact) mass is 381 g/mol. The molecule has 1 unspecified atom stereocenters. The number of carbonyl (C=O) groups excluding carboxylic acids is 1. The average Bonchev–Trinajstić information content (AvgIpc) is 3.22. The minimum absolute atomic E-state index is 0.226. The maximum atomic E-state index is 12.3. The van der Waals surface area contributed by atoms with Gasteiger partial charge in [0, 0.05) is 31.5 Å². The molecule has 0 saturated carbocycles. The lowest BCUT2D eigenvalue weighted by molar-refractivity contribution is -0.142. The van der Waals surface area contributed by atoms with Crippen LogP contribution in [-0.4, -0.2) is 41.6 Å². The summed E-state index contributed by atoms with van der Waals surface area (Å²) in [6, 6.07) is 7.89. The molecule has 0 aliphatic carbocycles. The molecule has 27 heavy (non-hydrogen) atoms. The van der Waals surface area contributed by atoms with Crippen LogP contribution in [0.3, 0.4) is 0 Å². The fourth-order valence-corrected chi connectivity index (χ4v) is 3.10. The van der Waals surface area contributed by atoms with Crippen LogP contribution in [0.2, 0.25) is 0 Å². The first-order valence-electron chi connectivity index (χ1n) is 8.74. The van der Waals surface area contributed by atoms with Gasteiger partial charge in [0.25, 0.3) is 0 Å². The van der Waals surface area contributed by atoms with Crippen molar-refractivity contribution in [2.24, 2.45) is 5.92 Å². The third-order valence-electron chi connectivity index (χ3n) is 4.47. The normalized spacial score (nSPS) is 17.2. The largest absolute Gasteiger partial charge is 0.408 e. The summed E-state index contributed by atoms with van der Waals surface area (Å²) < 4.78 is 37.7. The summed E-state index contributed by atoms with van der Waals surface area (Å²) in [6.07, 6.45) is -1.03. The van der Waals surface area contributed by atoms with Crippen LogP contribution in [0, 0.1) is 12.8 Å². The minimum atomic E-state index is -4.35. The fourth-order valence-electron chi connectivity index (χ4n) is 3.10. The van der Waals surface area contributed by atoms with Crippen LogP contribution in [0.15, 0.2) is 36.7 Å². The van der Waals surface area contributed by atoms with Crippen LogP contribution in [0.4, 0.5) is 29.3 Å². The SMILES string of the molecule is Cc1ccc(N2CCC(CNC(=O)Nc3cnn(CC(F)(F)F)c3)C2)cc1. The highest BCUT2D eigenvalue weighted by Gasteiger charge is 2.28. The number of aromatic nitrogens is 2. The van der Waals surface area contributed by atoms with Gasteiger partial charge in [-0.05, 0) is 31.4 Å². The summed E-state index contributed by atoms with van der Waals surface area (Å²) in [5, 5.41) is 8.87. The van der Waals surface area contributed by atoms with E-state index in [0.717, 1.165) is 30.4 Å². The Balaban J connectivity index is 1.43. The van der Waals surface area contributed by atoms with Crippen LogP contribution < -0.4 is 15.5 Å². The van der Waals surface area contributed by atoms with Crippen LogP contribution in [0.5, 0.6) is 0 Å². The molecular formula is C18H22F3N5O. The van der Waals surface area contributed by atoms with Crippen molar-refractivity contribution in [3.05, 3.63) is 42.2 Å². The quantitative estimate of drug-likeness (QED) is 0.835. The number of alkyl halides is 3. The highest BCUT2D eigenvalue weighted by molar-refractivity contribution is 5.88. The molecule has 2 heterocycles. The number of anilines is 2. The molecule has 6 nitrogen and oxygen atoms in total. The van der Waals surface area contributed by atoms with Crippen molar-refractivity contribution in [3.63, 3.8) is 0 Å². The number of rotatable bonds is 5. The van der Waals surface area contributed by atoms with Gasteiger partial charge in [0.2, 0.25) is 0 Å². The minimum Gasteiger partial charge on any atom is -0.371 e. The van der Waals surface area contributed by atoms with Gasteiger partial charge in [-0.25, -0.2) is 4.79 Å². The van der Waals surface area contributed by atoms with E-state index in [2.05, 4.69) is 44.9 Å². The Morgan fingerprint density at radius 2 is 2.04 bits per heavy atom. The molecule has 2 aromatic rings. The number of aryl methyl sites for hydroxylation is 1. The van der Waals surface area contributed by atoms with Crippen molar-refractivity contribution in [2.75, 3.05) is 29.9 Å². The fraction of sp³-hybridized carbons (Fsp3) is 0.444. The Bertz CT molecular complexity index is 772. The van der Waals surface area contributed by atoms with Crippen LogP contribution in [0.25, 0.3) is 0 Å². The van der Waals surface area contributed by atoms with Gasteiger partial charge in [-0.3, -0.25) is 4.68 Å². The zero-order valence-electron chi connectivity index (χ0n) is 15.0. The van der Waals surface area contributed by atoms with Gasteiger partial charge in [0.1, 0.15) is 6.54 Å². The van der Waals surface area contributed by atoms with E-state index >= 15 is 0 Å². The number of hydrogen-bond donors (Lipinski definition) is 2. The zero-order chi connectivity index (χ0) is 19.4. The predicted octanol–water partition coefficient (Wildman–Crippen LogP) is 3.40. The molecule has 1 aromatic carbocycles. The second-order valence-corrected chi connectivity index (χ2v) is 6.81. The van der Waals surface area contributed by atoms with Gasteiger partial charge in [0.15, 0.2) is 0 Å². The molecule has 1 aliphatic rings. The smallest absolute Gasteiger partial charge is 0.371 e. The topological polar surface area (TPSA) is 62.2 Å². The maximum absolute atomic E-state index is 12.3. The summed E-state index contributed by atoms with van der Waals surface area (Å²) in [7, 11) is 0. The number of halogens is 3. The van der Waals surface area contributed by atoms with E-state index in [1.165, 1.54) is 17.4 Å². The van der Waals surface area contributed by atoms with Crippen molar-refractivity contribution >= 4 is 17.4 Å². The number of benzene rings is 1. The molecule has 1 fully saturated rings. The number of urea groups is 1. The van der Waals surface area contributed by atoms with Crippen molar-refractivity contribution in [1.29, 1.82) is 0 Å². The molecule has 2 amide bonds. The van der Waals surface area contributed by atoms with Crippen molar-refractivity contribution in [1.82, 2.24) is 15.1 Å². The Morgan fingerprint density at radius 1 is 1.30 bits per heavy atom. The lowest BCUT2D eigenvalue weighted by Crippen LogP contribution is -2.34. The van der Waals surface area contributed by atoms with E-state index in [0.29, 0.717) is 12.5 Å². The van der Waals surface area contributed by atoms with Crippen LogP contribution in [0.1, 0.15) is 12.0 Å². The van der Waals surface area contributed by atoms with Crippen molar-refractivity contribution in [2.45, 2.75) is 26.1 Å². The first kappa shape index (κ1) is 19.1. The van der Waals surface area contributed by atoms with E-state index in [9.17, 15) is 18.0 Å². The Morgan fingerprint density at radius 3 is 2.74 bits per heavy atom. The standard InChI is InChI=1S/C18H22F3N5O/c1-13-2-4-16(5-3-13)25-7-6-14(10-25)8-22-17(27)24-15-9-23-26(11-15)12-18(19,20)21/h2-5,9,11,14H,6-8,10,12H2,1H3,(H2,22,24,27). The molecule has 0 bridgehead atoms. The third-order valence-corrected chi connectivity index (χ3v) is 4.47. The number of nitrogens with zero attached hydrogens (tertiary/aromatic N) is 3. The second-order valence-electron chi connectivity index (χ2n) is 6.81. The van der Waals surface area contributed by atoms with E-state index in [1.807, 2.05) is 6.92 Å². The predicted molar refractivity (Wildman–Crippen MR) is 96.8 cm³/mol. The maximum Gasteiger partial charge on any atom is 0.408 e. The molecule has 0 spiro atoms. The molecule has 2 N–H and O–H groups in total. The molecule has 0 radical (unpaired) electrons. The van der Waals surface area contributed by atoms with E-state index in [4.69, 9.17) is 0 Å². The molecule has 1 atom stereocenters. The number of amides is 2. The van der Waals surface area contributed by atoms with E-state index in [-0.39, 0.29) is 5.69 Å². The Kier molecular flexibility index (Phi) is 5.57. The van der Waals surface area contributed by atoms with Crippen molar-refractivity contribution in [3.8, 4) is 0 Å². The lowest BCUT2D eigenvalue weighted by Gasteiger charge is -2.19. The summed E-state index contributed by atoms with van der Waals surface area (Å²) in [4.78, 5) is 14.2. The average molecular weight is 381 g/mol. The highest BCUT2D eigenvalue weighted by atomic mass is 19.4. The van der Waals surface area contributed by atoms with Gasteiger partial charge in [-0.1, -0.05) is 17.7 Å². The summed E-state index contributed by atoms with van der Waals surface area (Å²) in [5.41, 5.74) is 2.61. The van der Waals surface area contributed by atoms with Crippen LogP contribution >= 0.6 is 0 Å². The summed E-state index contributed by atoms with van der Waals surface area (Å²) in [6.45, 7) is 3.15. The first-order valence-corrected chi connectivity index (χ1v) is 8.74. The third kappa shape index (κ3) is 5.63. The van der Waals surface area contributed by atoms with Crippen LogP contribution in [-0.2, 0) is 6.54 Å². The zero-order valence-corrected chi connectivity index (χ0v) is 15.0. The number of hydrogen-bond acceptors (Lipinski definition) is 3. The summed E-state index contributed by atoms with van der Waals surface area (Å²) in [5.74, 6) is 0.324. The van der Waals surface area contributed by atoms with Gasteiger partial charge >= 0.3 is 12.2 Å². The highest BCUT2D eigenvalue weighted by Crippen LogP contribution is 2.23. The van der Waals surface area contributed by atoms with E-state index in [1.54, 1.807) is 0 Å². The number of nitrogens with one attached hydrogen (secondary N) is 2. The second kappa shape index (κ2) is 7.89. The summed E-state index contributed by atoms with van der Waals surface area (Å²) >= 11 is 0. The molecular weight excluding hydrogens is 359 g/mol. The molecule has 3 rings (SSSR count). The van der Waals surface area contributed by atoms with Crippen molar-refractivity contribution < 1.29 is 18.0 Å². The van der Waals surface area contributed by atoms with Gasteiger partial charge in [0.05, 0.1) is 11.9 Å². The number of carbonyl (C=O) groups is 1. The Hall–Kier alpha value is -2.71. The molecule has 9 heteroatoms. The van der Waals surface area contributed by atoms with Gasteiger partial charge in [-0.15, -0.1) is 0 Å². The molecule has 146 valence electrons. The Labute approximate surface area is 155 Å². The molecule has 1 saturated heterocycles. The molecule has 1 aliphatic heterocycles.